The van der Waals surface area contributed by atoms with E-state index in [-0.39, 0.29) is 23.8 Å². The number of hydrogen-bond acceptors (Lipinski definition) is 3. The number of amides is 2. The summed E-state index contributed by atoms with van der Waals surface area (Å²) in [5.74, 6) is -0.0685. The van der Waals surface area contributed by atoms with Crippen LogP contribution in [0.1, 0.15) is 30.6 Å². The van der Waals surface area contributed by atoms with Gasteiger partial charge in [0.25, 0.3) is 5.91 Å². The molecule has 1 fully saturated rings. The Morgan fingerprint density at radius 2 is 1.95 bits per heavy atom. The standard InChI is InChI=1S/C16H23N3O2/c1-11(2)15(20)18-13-6-4-12(5-7-13)16(21)19(3)14-8-9-17-10-14/h4-7,11,14,17H,8-10H2,1-3H3,(H,18,20). The molecule has 2 rings (SSSR count). The summed E-state index contributed by atoms with van der Waals surface area (Å²) in [6.45, 7) is 5.50. The molecular weight excluding hydrogens is 266 g/mol. The molecule has 0 bridgehead atoms. The van der Waals surface area contributed by atoms with Gasteiger partial charge in [0, 0.05) is 36.8 Å². The predicted octanol–water partition coefficient (Wildman–Crippen LogP) is 1.71. The van der Waals surface area contributed by atoms with Gasteiger partial charge < -0.3 is 15.5 Å². The first kappa shape index (κ1) is 15.5. The van der Waals surface area contributed by atoms with Crippen LogP contribution in [0.3, 0.4) is 0 Å². The van der Waals surface area contributed by atoms with Gasteiger partial charge in [-0.25, -0.2) is 0 Å². The van der Waals surface area contributed by atoms with Crippen molar-refractivity contribution in [2.45, 2.75) is 26.3 Å². The molecule has 1 aliphatic heterocycles. The molecule has 0 aromatic heterocycles. The van der Waals surface area contributed by atoms with E-state index in [2.05, 4.69) is 10.6 Å². The molecule has 0 spiro atoms. The number of hydrogen-bond donors (Lipinski definition) is 2. The summed E-state index contributed by atoms with van der Waals surface area (Å²) in [4.78, 5) is 25.8. The van der Waals surface area contributed by atoms with Crippen molar-refractivity contribution in [1.82, 2.24) is 10.2 Å². The summed E-state index contributed by atoms with van der Waals surface area (Å²) < 4.78 is 0. The number of nitrogens with one attached hydrogen (secondary N) is 2. The Labute approximate surface area is 125 Å². The maximum Gasteiger partial charge on any atom is 0.253 e. The van der Waals surface area contributed by atoms with E-state index in [0.717, 1.165) is 25.2 Å². The molecule has 5 nitrogen and oxygen atoms in total. The van der Waals surface area contributed by atoms with Gasteiger partial charge in [-0.3, -0.25) is 9.59 Å². The number of carbonyl (C=O) groups excluding carboxylic acids is 2. The summed E-state index contributed by atoms with van der Waals surface area (Å²) in [6.07, 6.45) is 0.991. The van der Waals surface area contributed by atoms with E-state index in [1.54, 1.807) is 29.2 Å². The first-order chi connectivity index (χ1) is 9.99. The van der Waals surface area contributed by atoms with Crippen molar-refractivity contribution in [3.05, 3.63) is 29.8 Å². The maximum atomic E-state index is 12.4. The molecule has 1 aliphatic rings. The summed E-state index contributed by atoms with van der Waals surface area (Å²) in [7, 11) is 1.84. The van der Waals surface area contributed by atoms with Gasteiger partial charge in [-0.2, -0.15) is 0 Å². The van der Waals surface area contributed by atoms with Crippen LogP contribution in [0, 0.1) is 5.92 Å². The average molecular weight is 289 g/mol. The zero-order valence-electron chi connectivity index (χ0n) is 12.8. The van der Waals surface area contributed by atoms with Crippen LogP contribution >= 0.6 is 0 Å². The molecule has 1 saturated heterocycles. The molecular formula is C16H23N3O2. The quantitative estimate of drug-likeness (QED) is 0.887. The lowest BCUT2D eigenvalue weighted by atomic mass is 10.1. The summed E-state index contributed by atoms with van der Waals surface area (Å²) in [5, 5.41) is 6.08. The number of benzene rings is 1. The lowest BCUT2D eigenvalue weighted by Gasteiger charge is -2.23. The number of carbonyl (C=O) groups is 2. The third-order valence-electron chi connectivity index (χ3n) is 3.83. The van der Waals surface area contributed by atoms with E-state index in [0.29, 0.717) is 5.56 Å². The van der Waals surface area contributed by atoms with Gasteiger partial charge in [0.2, 0.25) is 5.91 Å². The molecule has 5 heteroatoms. The molecule has 1 heterocycles. The highest BCUT2D eigenvalue weighted by atomic mass is 16.2. The van der Waals surface area contributed by atoms with Gasteiger partial charge in [0.15, 0.2) is 0 Å². The largest absolute Gasteiger partial charge is 0.337 e. The highest BCUT2D eigenvalue weighted by Gasteiger charge is 2.23. The molecule has 1 aromatic carbocycles. The van der Waals surface area contributed by atoms with Gasteiger partial charge in [-0.05, 0) is 37.2 Å². The Kier molecular flexibility index (Phi) is 4.96. The molecule has 0 aliphatic carbocycles. The fourth-order valence-electron chi connectivity index (χ4n) is 2.32. The topological polar surface area (TPSA) is 61.4 Å². The second-order valence-corrected chi connectivity index (χ2v) is 5.78. The molecule has 2 N–H and O–H groups in total. The zero-order valence-corrected chi connectivity index (χ0v) is 12.8. The van der Waals surface area contributed by atoms with Crippen molar-refractivity contribution in [2.24, 2.45) is 5.92 Å². The first-order valence-corrected chi connectivity index (χ1v) is 7.38. The third-order valence-corrected chi connectivity index (χ3v) is 3.83. The zero-order chi connectivity index (χ0) is 15.4. The SMILES string of the molecule is CC(C)C(=O)Nc1ccc(C(=O)N(C)C2CCNC2)cc1. The molecule has 0 saturated carbocycles. The number of likely N-dealkylation sites (N-methyl/N-ethyl adjacent to an activating group) is 1. The maximum absolute atomic E-state index is 12.4. The molecule has 1 atom stereocenters. The van der Waals surface area contributed by atoms with Crippen LogP contribution in [-0.2, 0) is 4.79 Å². The van der Waals surface area contributed by atoms with Crippen molar-refractivity contribution in [2.75, 3.05) is 25.5 Å². The molecule has 114 valence electrons. The van der Waals surface area contributed by atoms with Crippen molar-refractivity contribution in [1.29, 1.82) is 0 Å². The number of rotatable bonds is 4. The van der Waals surface area contributed by atoms with Crippen molar-refractivity contribution in [3.8, 4) is 0 Å². The minimum atomic E-state index is -0.0627. The number of anilines is 1. The first-order valence-electron chi connectivity index (χ1n) is 7.38. The van der Waals surface area contributed by atoms with Gasteiger partial charge in [-0.1, -0.05) is 13.8 Å². The lowest BCUT2D eigenvalue weighted by Crippen LogP contribution is -2.38. The van der Waals surface area contributed by atoms with Crippen LogP contribution < -0.4 is 10.6 Å². The Balaban J connectivity index is 2.01. The van der Waals surface area contributed by atoms with E-state index in [4.69, 9.17) is 0 Å². The monoisotopic (exact) mass is 289 g/mol. The van der Waals surface area contributed by atoms with Crippen LogP contribution in [0.2, 0.25) is 0 Å². The molecule has 1 unspecified atom stereocenters. The Morgan fingerprint density at radius 1 is 1.29 bits per heavy atom. The second kappa shape index (κ2) is 6.72. The Bertz CT molecular complexity index is 505. The fraction of sp³-hybridized carbons (Fsp3) is 0.500. The minimum absolute atomic E-state index is 0.0189. The van der Waals surface area contributed by atoms with Crippen LogP contribution in [-0.4, -0.2) is 42.9 Å². The molecule has 21 heavy (non-hydrogen) atoms. The van der Waals surface area contributed by atoms with E-state index >= 15 is 0 Å². The van der Waals surface area contributed by atoms with E-state index < -0.39 is 0 Å². The predicted molar refractivity (Wildman–Crippen MR) is 83.3 cm³/mol. The van der Waals surface area contributed by atoms with Crippen LogP contribution in [0.5, 0.6) is 0 Å². The van der Waals surface area contributed by atoms with Gasteiger partial charge >= 0.3 is 0 Å². The highest BCUT2D eigenvalue weighted by molar-refractivity contribution is 5.96. The second-order valence-electron chi connectivity index (χ2n) is 5.78. The molecule has 1 aromatic rings. The molecule has 2 amide bonds. The normalized spacial score (nSPS) is 17.8. The molecule has 0 radical (unpaired) electrons. The average Bonchev–Trinajstić information content (AvgIpc) is 3.00. The summed E-state index contributed by atoms with van der Waals surface area (Å²) >= 11 is 0. The van der Waals surface area contributed by atoms with Crippen LogP contribution in [0.25, 0.3) is 0 Å². The van der Waals surface area contributed by atoms with Crippen molar-refractivity contribution >= 4 is 17.5 Å². The van der Waals surface area contributed by atoms with Gasteiger partial charge in [0.05, 0.1) is 0 Å². The summed E-state index contributed by atoms with van der Waals surface area (Å²) in [5.41, 5.74) is 1.36. The van der Waals surface area contributed by atoms with Gasteiger partial charge in [0.1, 0.15) is 0 Å². The smallest absolute Gasteiger partial charge is 0.253 e. The minimum Gasteiger partial charge on any atom is -0.337 e. The Hall–Kier alpha value is -1.88. The van der Waals surface area contributed by atoms with E-state index in [9.17, 15) is 9.59 Å². The van der Waals surface area contributed by atoms with E-state index in [1.165, 1.54) is 0 Å². The van der Waals surface area contributed by atoms with Crippen molar-refractivity contribution < 1.29 is 9.59 Å². The lowest BCUT2D eigenvalue weighted by molar-refractivity contribution is -0.118. The van der Waals surface area contributed by atoms with Crippen LogP contribution in [0.4, 0.5) is 5.69 Å². The van der Waals surface area contributed by atoms with Crippen LogP contribution in [0.15, 0.2) is 24.3 Å². The van der Waals surface area contributed by atoms with Crippen molar-refractivity contribution in [3.63, 3.8) is 0 Å². The summed E-state index contributed by atoms with van der Waals surface area (Å²) in [6, 6.07) is 7.33. The van der Waals surface area contributed by atoms with E-state index in [1.807, 2.05) is 20.9 Å². The third kappa shape index (κ3) is 3.82. The fourth-order valence-corrected chi connectivity index (χ4v) is 2.32. The van der Waals surface area contributed by atoms with Gasteiger partial charge in [-0.15, -0.1) is 0 Å². The highest BCUT2D eigenvalue weighted by Crippen LogP contribution is 2.15. The number of nitrogens with zero attached hydrogens (tertiary/aromatic N) is 1. The Morgan fingerprint density at radius 3 is 2.48 bits per heavy atom.